The molecular weight excluding hydrogens is 243 g/mol. The molecule has 0 amide bonds. The molecular formula is C15H19FN2O. The summed E-state index contributed by atoms with van der Waals surface area (Å²) in [4.78, 5) is 2.39. The maximum absolute atomic E-state index is 13.6. The van der Waals surface area contributed by atoms with Crippen LogP contribution in [0.5, 0.6) is 0 Å². The van der Waals surface area contributed by atoms with Crippen LogP contribution in [0.1, 0.15) is 6.92 Å². The van der Waals surface area contributed by atoms with Crippen molar-refractivity contribution in [3.63, 3.8) is 0 Å². The van der Waals surface area contributed by atoms with Crippen LogP contribution in [0, 0.1) is 5.82 Å². The fraction of sp³-hybridized carbons (Fsp3) is 0.467. The topological polar surface area (TPSA) is 17.4 Å². The second kappa shape index (κ2) is 5.31. The van der Waals surface area contributed by atoms with Gasteiger partial charge in [-0.15, -0.1) is 0 Å². The highest BCUT2D eigenvalue weighted by Gasteiger charge is 2.20. The van der Waals surface area contributed by atoms with Gasteiger partial charge in [-0.25, -0.2) is 4.39 Å². The van der Waals surface area contributed by atoms with Gasteiger partial charge in [0.1, 0.15) is 5.82 Å². The van der Waals surface area contributed by atoms with Crippen LogP contribution in [-0.4, -0.2) is 41.8 Å². The lowest BCUT2D eigenvalue weighted by molar-refractivity contribution is -0.0337. The molecule has 2 heterocycles. The molecule has 1 atom stereocenters. The summed E-state index contributed by atoms with van der Waals surface area (Å²) in [6.45, 7) is 6.75. The first-order valence-electron chi connectivity index (χ1n) is 6.85. The fourth-order valence-corrected chi connectivity index (χ4v) is 2.74. The Morgan fingerprint density at radius 3 is 3.11 bits per heavy atom. The molecule has 3 rings (SSSR count). The predicted octanol–water partition coefficient (Wildman–Crippen LogP) is 2.50. The van der Waals surface area contributed by atoms with E-state index in [9.17, 15) is 4.39 Å². The maximum atomic E-state index is 13.6. The highest BCUT2D eigenvalue weighted by molar-refractivity contribution is 5.80. The molecule has 1 aliphatic heterocycles. The third-order valence-electron chi connectivity index (χ3n) is 3.83. The lowest BCUT2D eigenvalue weighted by Crippen LogP contribution is -2.43. The van der Waals surface area contributed by atoms with Gasteiger partial charge in [-0.05, 0) is 24.7 Å². The minimum absolute atomic E-state index is 0.156. The first-order chi connectivity index (χ1) is 9.28. The Labute approximate surface area is 112 Å². The van der Waals surface area contributed by atoms with E-state index in [1.165, 1.54) is 6.07 Å². The van der Waals surface area contributed by atoms with Crippen molar-refractivity contribution in [3.8, 4) is 0 Å². The van der Waals surface area contributed by atoms with Crippen LogP contribution in [-0.2, 0) is 11.3 Å². The summed E-state index contributed by atoms with van der Waals surface area (Å²) in [5.74, 6) is -0.156. The van der Waals surface area contributed by atoms with E-state index >= 15 is 0 Å². The number of likely N-dealkylation sites (N-methyl/N-ethyl adjacent to an activating group) is 1. The molecule has 1 unspecified atom stereocenters. The van der Waals surface area contributed by atoms with Crippen molar-refractivity contribution in [2.45, 2.75) is 19.6 Å². The molecule has 0 spiro atoms. The zero-order chi connectivity index (χ0) is 13.2. The van der Waals surface area contributed by atoms with Crippen LogP contribution in [0.2, 0.25) is 0 Å². The Balaban J connectivity index is 1.80. The van der Waals surface area contributed by atoms with Gasteiger partial charge in [0.15, 0.2) is 0 Å². The van der Waals surface area contributed by atoms with E-state index in [2.05, 4.69) is 16.4 Å². The van der Waals surface area contributed by atoms with Crippen LogP contribution >= 0.6 is 0 Å². The number of hydrogen-bond acceptors (Lipinski definition) is 2. The van der Waals surface area contributed by atoms with Gasteiger partial charge in [0.25, 0.3) is 0 Å². The number of rotatable bonds is 3. The molecule has 1 aromatic carbocycles. The summed E-state index contributed by atoms with van der Waals surface area (Å²) in [6, 6.07) is 7.06. The Hall–Kier alpha value is -1.39. The van der Waals surface area contributed by atoms with Gasteiger partial charge in [-0.2, -0.15) is 0 Å². The lowest BCUT2D eigenvalue weighted by atomic mass is 10.2. The largest absolute Gasteiger partial charge is 0.374 e. The zero-order valence-electron chi connectivity index (χ0n) is 11.2. The van der Waals surface area contributed by atoms with Crippen LogP contribution in [0.25, 0.3) is 10.9 Å². The van der Waals surface area contributed by atoms with Gasteiger partial charge in [-0.3, -0.25) is 4.90 Å². The minimum Gasteiger partial charge on any atom is -0.374 e. The smallest absolute Gasteiger partial charge is 0.132 e. The van der Waals surface area contributed by atoms with E-state index in [0.717, 1.165) is 38.3 Å². The Kier molecular flexibility index (Phi) is 3.53. The molecule has 0 radical (unpaired) electrons. The molecule has 2 aromatic rings. The molecule has 4 heteroatoms. The zero-order valence-corrected chi connectivity index (χ0v) is 11.2. The average molecular weight is 262 g/mol. The molecule has 0 aliphatic carbocycles. The SMILES string of the molecule is CCN1CCOC(Cn2ccc3c(F)cccc32)C1. The van der Waals surface area contributed by atoms with Crippen molar-refractivity contribution in [2.75, 3.05) is 26.2 Å². The van der Waals surface area contributed by atoms with Gasteiger partial charge in [0.2, 0.25) is 0 Å². The number of benzene rings is 1. The number of fused-ring (bicyclic) bond motifs is 1. The number of ether oxygens (including phenoxy) is 1. The van der Waals surface area contributed by atoms with Gasteiger partial charge >= 0.3 is 0 Å². The summed E-state index contributed by atoms with van der Waals surface area (Å²) in [5, 5.41) is 0.686. The molecule has 102 valence electrons. The second-order valence-corrected chi connectivity index (χ2v) is 5.03. The number of nitrogens with zero attached hydrogens (tertiary/aromatic N) is 2. The normalized spacial score (nSPS) is 21.1. The highest BCUT2D eigenvalue weighted by atomic mass is 19.1. The van der Waals surface area contributed by atoms with Crippen molar-refractivity contribution in [1.29, 1.82) is 0 Å². The van der Waals surface area contributed by atoms with Crippen molar-refractivity contribution < 1.29 is 9.13 Å². The van der Waals surface area contributed by atoms with Crippen molar-refractivity contribution >= 4 is 10.9 Å². The van der Waals surface area contributed by atoms with Gasteiger partial charge < -0.3 is 9.30 Å². The molecule has 0 bridgehead atoms. The summed E-state index contributed by atoms with van der Waals surface area (Å²) in [6.07, 6.45) is 2.13. The van der Waals surface area contributed by atoms with E-state index in [1.54, 1.807) is 6.07 Å². The highest BCUT2D eigenvalue weighted by Crippen LogP contribution is 2.20. The molecule has 1 fully saturated rings. The predicted molar refractivity (Wildman–Crippen MR) is 73.8 cm³/mol. The summed E-state index contributed by atoms with van der Waals surface area (Å²) >= 11 is 0. The number of morpholine rings is 1. The quantitative estimate of drug-likeness (QED) is 0.845. The number of aromatic nitrogens is 1. The van der Waals surface area contributed by atoms with Crippen LogP contribution < -0.4 is 0 Å². The van der Waals surface area contributed by atoms with E-state index < -0.39 is 0 Å². The molecule has 1 aliphatic rings. The summed E-state index contributed by atoms with van der Waals surface area (Å²) in [5.41, 5.74) is 0.942. The first kappa shape index (κ1) is 12.6. The number of halogens is 1. The lowest BCUT2D eigenvalue weighted by Gasteiger charge is -2.32. The maximum Gasteiger partial charge on any atom is 0.132 e. The molecule has 0 saturated carbocycles. The van der Waals surface area contributed by atoms with E-state index in [4.69, 9.17) is 4.74 Å². The monoisotopic (exact) mass is 262 g/mol. The Morgan fingerprint density at radius 2 is 2.26 bits per heavy atom. The summed E-state index contributed by atoms with van der Waals surface area (Å²) < 4.78 is 21.5. The van der Waals surface area contributed by atoms with E-state index in [1.807, 2.05) is 18.3 Å². The van der Waals surface area contributed by atoms with Gasteiger partial charge in [0.05, 0.1) is 24.8 Å². The molecule has 3 nitrogen and oxygen atoms in total. The van der Waals surface area contributed by atoms with E-state index in [0.29, 0.717) is 5.39 Å². The van der Waals surface area contributed by atoms with Crippen molar-refractivity contribution in [2.24, 2.45) is 0 Å². The van der Waals surface area contributed by atoms with Crippen LogP contribution in [0.15, 0.2) is 30.5 Å². The third-order valence-corrected chi connectivity index (χ3v) is 3.83. The molecule has 1 saturated heterocycles. The van der Waals surface area contributed by atoms with Crippen LogP contribution in [0.3, 0.4) is 0 Å². The van der Waals surface area contributed by atoms with Crippen molar-refractivity contribution in [3.05, 3.63) is 36.3 Å². The molecule has 0 N–H and O–H groups in total. The standard InChI is InChI=1S/C15H19FN2O/c1-2-17-8-9-19-12(10-17)11-18-7-6-13-14(16)4-3-5-15(13)18/h3-7,12H,2,8-11H2,1H3. The second-order valence-electron chi connectivity index (χ2n) is 5.03. The average Bonchev–Trinajstić information content (AvgIpc) is 2.84. The van der Waals surface area contributed by atoms with Gasteiger partial charge in [0, 0.05) is 24.7 Å². The Bertz CT molecular complexity index is 566. The first-order valence-corrected chi connectivity index (χ1v) is 6.85. The molecule has 19 heavy (non-hydrogen) atoms. The third kappa shape index (κ3) is 2.51. The van der Waals surface area contributed by atoms with Crippen molar-refractivity contribution in [1.82, 2.24) is 9.47 Å². The Morgan fingerprint density at radius 1 is 1.37 bits per heavy atom. The number of hydrogen-bond donors (Lipinski definition) is 0. The fourth-order valence-electron chi connectivity index (χ4n) is 2.74. The van der Waals surface area contributed by atoms with Crippen LogP contribution in [0.4, 0.5) is 4.39 Å². The minimum atomic E-state index is -0.156. The van der Waals surface area contributed by atoms with E-state index in [-0.39, 0.29) is 11.9 Å². The molecule has 1 aromatic heterocycles. The van der Waals surface area contributed by atoms with Gasteiger partial charge in [-0.1, -0.05) is 13.0 Å². The summed E-state index contributed by atoms with van der Waals surface area (Å²) in [7, 11) is 0.